The summed E-state index contributed by atoms with van der Waals surface area (Å²) >= 11 is 7.26. The number of carbonyl (C=O) groups is 1. The van der Waals surface area contributed by atoms with Crippen molar-refractivity contribution in [3.8, 4) is 5.69 Å². The first kappa shape index (κ1) is 18.3. The van der Waals surface area contributed by atoms with Crippen molar-refractivity contribution in [2.24, 2.45) is 0 Å². The van der Waals surface area contributed by atoms with E-state index in [0.29, 0.717) is 10.8 Å². The molecule has 3 aromatic rings. The normalized spacial score (nSPS) is 12.0. The fourth-order valence-electron chi connectivity index (χ4n) is 2.46. The highest BCUT2D eigenvalue weighted by Crippen LogP contribution is 2.27. The number of nitrogens with one attached hydrogen (secondary N) is 1. The number of aryl methyl sites for hydroxylation is 2. The number of carbonyl (C=O) groups excluding carboxylic acids is 1. The molecule has 2 aromatic heterocycles. The molecule has 1 amide bonds. The topological polar surface area (TPSA) is 85.6 Å². The van der Waals surface area contributed by atoms with Gasteiger partial charge >= 0.3 is 0 Å². The highest BCUT2D eigenvalue weighted by atomic mass is 35.5. The Labute approximate surface area is 160 Å². The molecule has 1 N–H and O–H groups in total. The second-order valence-electron chi connectivity index (χ2n) is 5.70. The van der Waals surface area contributed by atoms with Crippen LogP contribution in [-0.4, -0.2) is 36.3 Å². The van der Waals surface area contributed by atoms with Gasteiger partial charge in [0.1, 0.15) is 0 Å². The number of anilines is 1. The molecule has 134 valence electrons. The smallest absolute Gasteiger partial charge is 0.237 e. The van der Waals surface area contributed by atoms with Crippen molar-refractivity contribution < 1.29 is 4.79 Å². The predicted octanol–water partition coefficient (Wildman–Crippen LogP) is 3.45. The SMILES string of the molecule is Cc1cccc(C)c1-n1nnnc1S[C@@H](C)C(=O)Nc1cccnc1Cl. The van der Waals surface area contributed by atoms with Crippen LogP contribution in [0, 0.1) is 13.8 Å². The van der Waals surface area contributed by atoms with E-state index in [4.69, 9.17) is 11.6 Å². The molecule has 0 spiro atoms. The fraction of sp³-hybridized carbons (Fsp3) is 0.235. The largest absolute Gasteiger partial charge is 0.322 e. The van der Waals surface area contributed by atoms with Crippen molar-refractivity contribution in [1.82, 2.24) is 25.2 Å². The summed E-state index contributed by atoms with van der Waals surface area (Å²) in [7, 11) is 0. The molecule has 1 atom stereocenters. The molecule has 26 heavy (non-hydrogen) atoms. The lowest BCUT2D eigenvalue weighted by atomic mass is 10.1. The van der Waals surface area contributed by atoms with E-state index in [2.05, 4.69) is 25.8 Å². The van der Waals surface area contributed by atoms with E-state index in [9.17, 15) is 4.79 Å². The molecule has 0 fully saturated rings. The Morgan fingerprint density at radius 3 is 2.65 bits per heavy atom. The Balaban J connectivity index is 1.79. The molecule has 0 aliphatic rings. The second kappa shape index (κ2) is 7.84. The van der Waals surface area contributed by atoms with Crippen LogP contribution in [0.5, 0.6) is 0 Å². The molecule has 7 nitrogen and oxygen atoms in total. The average molecular weight is 389 g/mol. The molecule has 0 aliphatic heterocycles. The Bertz CT molecular complexity index is 924. The number of hydrogen-bond acceptors (Lipinski definition) is 6. The molecule has 0 unspecified atom stereocenters. The van der Waals surface area contributed by atoms with Gasteiger partial charge in [-0.2, -0.15) is 4.68 Å². The third kappa shape index (κ3) is 3.86. The number of amides is 1. The molecule has 0 radical (unpaired) electrons. The van der Waals surface area contributed by atoms with Gasteiger partial charge in [0.15, 0.2) is 5.15 Å². The van der Waals surface area contributed by atoms with Gasteiger partial charge in [-0.25, -0.2) is 4.98 Å². The molecule has 0 bridgehead atoms. The second-order valence-corrected chi connectivity index (χ2v) is 7.37. The van der Waals surface area contributed by atoms with E-state index in [1.165, 1.54) is 11.8 Å². The van der Waals surface area contributed by atoms with Crippen LogP contribution >= 0.6 is 23.4 Å². The van der Waals surface area contributed by atoms with E-state index in [1.807, 2.05) is 32.0 Å². The highest BCUT2D eigenvalue weighted by Gasteiger charge is 2.21. The molecule has 3 rings (SSSR count). The quantitative estimate of drug-likeness (QED) is 0.532. The van der Waals surface area contributed by atoms with Crippen LogP contribution in [0.3, 0.4) is 0 Å². The maximum Gasteiger partial charge on any atom is 0.237 e. The predicted molar refractivity (Wildman–Crippen MR) is 102 cm³/mol. The Morgan fingerprint density at radius 2 is 1.96 bits per heavy atom. The van der Waals surface area contributed by atoms with E-state index >= 15 is 0 Å². The minimum Gasteiger partial charge on any atom is -0.322 e. The van der Waals surface area contributed by atoms with Crippen molar-refractivity contribution in [3.63, 3.8) is 0 Å². The molecular weight excluding hydrogens is 372 g/mol. The number of para-hydroxylation sites is 1. The lowest BCUT2D eigenvalue weighted by molar-refractivity contribution is -0.115. The van der Waals surface area contributed by atoms with Crippen molar-refractivity contribution in [1.29, 1.82) is 0 Å². The van der Waals surface area contributed by atoms with Crippen LogP contribution in [0.15, 0.2) is 41.7 Å². The van der Waals surface area contributed by atoms with Gasteiger partial charge in [0.2, 0.25) is 11.1 Å². The first-order valence-electron chi connectivity index (χ1n) is 7.90. The highest BCUT2D eigenvalue weighted by molar-refractivity contribution is 8.00. The summed E-state index contributed by atoms with van der Waals surface area (Å²) in [5.41, 5.74) is 3.50. The zero-order valence-electron chi connectivity index (χ0n) is 14.5. The molecular formula is C17H17ClN6OS. The van der Waals surface area contributed by atoms with Crippen LogP contribution in [0.4, 0.5) is 5.69 Å². The number of aromatic nitrogens is 5. The van der Waals surface area contributed by atoms with Gasteiger partial charge in [0.25, 0.3) is 0 Å². The summed E-state index contributed by atoms with van der Waals surface area (Å²) in [6, 6.07) is 9.39. The van der Waals surface area contributed by atoms with Crippen LogP contribution in [0.25, 0.3) is 5.69 Å². The first-order chi connectivity index (χ1) is 12.5. The lowest BCUT2D eigenvalue weighted by Gasteiger charge is -2.14. The third-order valence-electron chi connectivity index (χ3n) is 3.76. The lowest BCUT2D eigenvalue weighted by Crippen LogP contribution is -2.23. The zero-order valence-corrected chi connectivity index (χ0v) is 16.0. The van der Waals surface area contributed by atoms with E-state index in [-0.39, 0.29) is 11.1 Å². The van der Waals surface area contributed by atoms with E-state index in [0.717, 1.165) is 16.8 Å². The fourth-order valence-corrected chi connectivity index (χ4v) is 3.42. The molecule has 9 heteroatoms. The van der Waals surface area contributed by atoms with E-state index < -0.39 is 5.25 Å². The van der Waals surface area contributed by atoms with Crippen molar-refractivity contribution >= 4 is 35.0 Å². The van der Waals surface area contributed by atoms with Crippen LogP contribution in [0.2, 0.25) is 5.15 Å². The van der Waals surface area contributed by atoms with Gasteiger partial charge in [-0.15, -0.1) is 5.10 Å². The molecule has 1 aromatic carbocycles. The van der Waals surface area contributed by atoms with Gasteiger partial charge in [-0.05, 0) is 54.5 Å². The molecule has 0 saturated carbocycles. The number of thioether (sulfide) groups is 1. The summed E-state index contributed by atoms with van der Waals surface area (Å²) < 4.78 is 1.66. The van der Waals surface area contributed by atoms with Crippen molar-refractivity contribution in [3.05, 3.63) is 52.8 Å². The Morgan fingerprint density at radius 1 is 1.23 bits per heavy atom. The van der Waals surface area contributed by atoms with Crippen LogP contribution in [-0.2, 0) is 4.79 Å². The number of nitrogens with zero attached hydrogens (tertiary/aromatic N) is 5. The molecule has 0 aliphatic carbocycles. The number of hydrogen-bond donors (Lipinski definition) is 1. The van der Waals surface area contributed by atoms with E-state index in [1.54, 1.807) is 29.9 Å². The summed E-state index contributed by atoms with van der Waals surface area (Å²) in [4.78, 5) is 16.4. The minimum atomic E-state index is -0.430. The standard InChI is InChI=1S/C17H17ClN6OS/c1-10-6-4-7-11(2)14(10)24-17(21-22-23-24)26-12(3)16(25)20-13-8-5-9-19-15(13)18/h4-9,12H,1-3H3,(H,20,25)/t12-/m0/s1. The minimum absolute atomic E-state index is 0.207. The Kier molecular flexibility index (Phi) is 5.53. The van der Waals surface area contributed by atoms with Gasteiger partial charge < -0.3 is 5.32 Å². The van der Waals surface area contributed by atoms with Gasteiger partial charge in [-0.1, -0.05) is 41.6 Å². The Hall–Kier alpha value is -2.45. The summed E-state index contributed by atoms with van der Waals surface area (Å²) in [6.07, 6.45) is 1.56. The third-order valence-corrected chi connectivity index (χ3v) is 5.09. The van der Waals surface area contributed by atoms with Crippen LogP contribution < -0.4 is 5.32 Å². The summed E-state index contributed by atoms with van der Waals surface area (Å²) in [6.45, 7) is 5.78. The zero-order chi connectivity index (χ0) is 18.7. The van der Waals surface area contributed by atoms with Gasteiger partial charge in [0, 0.05) is 6.20 Å². The number of rotatable bonds is 5. The van der Waals surface area contributed by atoms with Crippen LogP contribution in [0.1, 0.15) is 18.1 Å². The number of pyridine rings is 1. The van der Waals surface area contributed by atoms with Crippen molar-refractivity contribution in [2.75, 3.05) is 5.32 Å². The average Bonchev–Trinajstić information content (AvgIpc) is 3.04. The monoisotopic (exact) mass is 388 g/mol. The maximum atomic E-state index is 12.5. The van der Waals surface area contributed by atoms with Gasteiger partial charge in [-0.3, -0.25) is 4.79 Å². The van der Waals surface area contributed by atoms with Crippen molar-refractivity contribution in [2.45, 2.75) is 31.2 Å². The summed E-state index contributed by atoms with van der Waals surface area (Å²) in [5.74, 6) is -0.207. The molecule has 2 heterocycles. The number of tetrazole rings is 1. The maximum absolute atomic E-state index is 12.5. The first-order valence-corrected chi connectivity index (χ1v) is 9.16. The number of benzene rings is 1. The molecule has 0 saturated heterocycles. The summed E-state index contributed by atoms with van der Waals surface area (Å²) in [5, 5.41) is 15.1. The number of halogens is 1. The van der Waals surface area contributed by atoms with Gasteiger partial charge in [0.05, 0.1) is 16.6 Å².